The molecule has 4 aromatic rings. The summed E-state index contributed by atoms with van der Waals surface area (Å²) in [6.45, 7) is 2.05. The number of aromatic amines is 1. The van der Waals surface area contributed by atoms with Crippen molar-refractivity contribution in [2.24, 2.45) is 0 Å². The van der Waals surface area contributed by atoms with Gasteiger partial charge >= 0.3 is 0 Å². The van der Waals surface area contributed by atoms with Crippen LogP contribution in [-0.2, 0) is 11.2 Å². The number of nitrogens with zero attached hydrogens (tertiary/aromatic N) is 4. The molecule has 0 bridgehead atoms. The van der Waals surface area contributed by atoms with Gasteiger partial charge in [-0.05, 0) is 43.2 Å². The molecule has 1 unspecified atom stereocenters. The molecule has 0 saturated carbocycles. The van der Waals surface area contributed by atoms with Gasteiger partial charge in [-0.3, -0.25) is 4.79 Å². The molecule has 28 heavy (non-hydrogen) atoms. The summed E-state index contributed by atoms with van der Waals surface area (Å²) >= 11 is 1.25. The Hall–Kier alpha value is -3.00. The summed E-state index contributed by atoms with van der Waals surface area (Å²) in [5.74, 6) is -0.0927. The Morgan fingerprint density at radius 3 is 3.04 bits per heavy atom. The number of benzene rings is 2. The minimum absolute atomic E-state index is 0.0184. The number of rotatable bonds is 3. The molecule has 0 fully saturated rings. The van der Waals surface area contributed by atoms with E-state index in [4.69, 9.17) is 0 Å². The van der Waals surface area contributed by atoms with Crippen LogP contribution in [-0.4, -0.2) is 37.9 Å². The van der Waals surface area contributed by atoms with Gasteiger partial charge in [0.1, 0.15) is 11.3 Å². The lowest BCUT2D eigenvalue weighted by molar-refractivity contribution is -0.116. The molecule has 1 atom stereocenters. The quantitative estimate of drug-likeness (QED) is 0.537. The van der Waals surface area contributed by atoms with Crippen LogP contribution in [0.25, 0.3) is 22.1 Å². The molecule has 0 saturated heterocycles. The van der Waals surface area contributed by atoms with Crippen molar-refractivity contribution < 1.29 is 9.18 Å². The van der Waals surface area contributed by atoms with Crippen molar-refractivity contribution >= 4 is 45.4 Å². The second kappa shape index (κ2) is 6.56. The Labute approximate surface area is 164 Å². The smallest absolute Gasteiger partial charge is 0.237 e. The van der Waals surface area contributed by atoms with Gasteiger partial charge in [0.25, 0.3) is 0 Å². The SMILES string of the molecule is CC1Cc2ccccc2N1C(=O)CSc1nnc2c(n1)[nH]c1ccc(F)cc12. The normalized spacial score (nSPS) is 16.1. The average Bonchev–Trinajstić information content (AvgIpc) is 3.22. The van der Waals surface area contributed by atoms with Gasteiger partial charge < -0.3 is 9.88 Å². The summed E-state index contributed by atoms with van der Waals surface area (Å²) in [5.41, 5.74) is 3.97. The maximum absolute atomic E-state index is 13.5. The number of carbonyl (C=O) groups is 1. The van der Waals surface area contributed by atoms with Crippen LogP contribution in [0.3, 0.4) is 0 Å². The number of amides is 1. The number of hydrogen-bond acceptors (Lipinski definition) is 5. The standard InChI is InChI=1S/C20H16FN5OS/c1-11-8-12-4-2-3-5-16(12)26(11)17(27)10-28-20-23-19-18(24-25-20)14-9-13(21)6-7-15(14)22-19/h2-7,9,11H,8,10H2,1H3,(H,22,23,25). The topological polar surface area (TPSA) is 74.8 Å². The highest BCUT2D eigenvalue weighted by Gasteiger charge is 2.30. The zero-order valence-corrected chi connectivity index (χ0v) is 15.8. The number of anilines is 1. The van der Waals surface area contributed by atoms with E-state index in [0.29, 0.717) is 21.7 Å². The van der Waals surface area contributed by atoms with Crippen molar-refractivity contribution in [1.82, 2.24) is 20.2 Å². The lowest BCUT2D eigenvalue weighted by Gasteiger charge is -2.22. The number of hydrogen-bond donors (Lipinski definition) is 1. The summed E-state index contributed by atoms with van der Waals surface area (Å²) in [4.78, 5) is 22.2. The van der Waals surface area contributed by atoms with Crippen LogP contribution in [0, 0.1) is 5.82 Å². The first-order valence-corrected chi connectivity index (χ1v) is 9.93. The van der Waals surface area contributed by atoms with Gasteiger partial charge in [0.15, 0.2) is 5.65 Å². The molecular weight excluding hydrogens is 377 g/mol. The van der Waals surface area contributed by atoms with Crippen molar-refractivity contribution in [2.75, 3.05) is 10.7 Å². The number of thioether (sulfide) groups is 1. The lowest BCUT2D eigenvalue weighted by Crippen LogP contribution is -2.37. The number of fused-ring (bicyclic) bond motifs is 4. The van der Waals surface area contributed by atoms with E-state index in [1.165, 1.54) is 29.5 Å². The highest BCUT2D eigenvalue weighted by molar-refractivity contribution is 7.99. The number of aromatic nitrogens is 4. The number of nitrogens with one attached hydrogen (secondary N) is 1. The van der Waals surface area contributed by atoms with E-state index in [9.17, 15) is 9.18 Å². The van der Waals surface area contributed by atoms with Crippen molar-refractivity contribution in [3.63, 3.8) is 0 Å². The van der Waals surface area contributed by atoms with Crippen LogP contribution < -0.4 is 4.90 Å². The third-order valence-corrected chi connectivity index (χ3v) is 5.78. The first kappa shape index (κ1) is 17.1. The van der Waals surface area contributed by atoms with Crippen LogP contribution in [0.4, 0.5) is 10.1 Å². The fourth-order valence-corrected chi connectivity index (χ4v) is 4.38. The van der Waals surface area contributed by atoms with E-state index in [1.807, 2.05) is 23.1 Å². The Morgan fingerprint density at radius 1 is 1.29 bits per heavy atom. The van der Waals surface area contributed by atoms with Gasteiger partial charge in [-0.25, -0.2) is 9.37 Å². The summed E-state index contributed by atoms with van der Waals surface area (Å²) in [6.07, 6.45) is 0.863. The molecular formula is C20H16FN5OS. The fraction of sp³-hybridized carbons (Fsp3) is 0.200. The van der Waals surface area contributed by atoms with Crippen molar-refractivity contribution in [3.05, 3.63) is 53.8 Å². The monoisotopic (exact) mass is 393 g/mol. The van der Waals surface area contributed by atoms with Gasteiger partial charge in [0.05, 0.1) is 5.75 Å². The Balaban J connectivity index is 1.37. The molecule has 0 spiro atoms. The van der Waals surface area contributed by atoms with E-state index in [2.05, 4.69) is 33.2 Å². The molecule has 5 rings (SSSR count). The summed E-state index contributed by atoms with van der Waals surface area (Å²) in [5, 5.41) is 9.34. The third-order valence-electron chi connectivity index (χ3n) is 4.96. The Kier molecular flexibility index (Phi) is 4.01. The van der Waals surface area contributed by atoms with Crippen LogP contribution >= 0.6 is 11.8 Å². The van der Waals surface area contributed by atoms with Crippen LogP contribution in [0.15, 0.2) is 47.6 Å². The van der Waals surface area contributed by atoms with Crippen molar-refractivity contribution in [2.45, 2.75) is 24.5 Å². The summed E-state index contributed by atoms with van der Waals surface area (Å²) < 4.78 is 13.5. The number of para-hydroxylation sites is 1. The van der Waals surface area contributed by atoms with Gasteiger partial charge in [0, 0.05) is 22.6 Å². The second-order valence-electron chi connectivity index (χ2n) is 6.84. The Bertz CT molecular complexity index is 1220. The maximum atomic E-state index is 13.5. The highest BCUT2D eigenvalue weighted by atomic mass is 32.2. The molecule has 1 aliphatic heterocycles. The first-order chi connectivity index (χ1) is 13.6. The minimum Gasteiger partial charge on any atom is -0.338 e. The number of halogens is 1. The molecule has 1 amide bonds. The van der Waals surface area contributed by atoms with E-state index >= 15 is 0 Å². The van der Waals surface area contributed by atoms with E-state index in [1.54, 1.807) is 6.07 Å². The lowest BCUT2D eigenvalue weighted by atomic mass is 10.1. The van der Waals surface area contributed by atoms with Crippen molar-refractivity contribution in [3.8, 4) is 0 Å². The third kappa shape index (κ3) is 2.80. The highest BCUT2D eigenvalue weighted by Crippen LogP contribution is 2.32. The maximum Gasteiger partial charge on any atom is 0.237 e. The Morgan fingerprint density at radius 2 is 2.14 bits per heavy atom. The molecule has 3 heterocycles. The zero-order chi connectivity index (χ0) is 19.3. The number of carbonyl (C=O) groups excluding carboxylic acids is 1. The fourth-order valence-electron chi connectivity index (χ4n) is 3.73. The van der Waals surface area contributed by atoms with Gasteiger partial charge in [-0.1, -0.05) is 30.0 Å². The molecule has 2 aromatic heterocycles. The van der Waals surface area contributed by atoms with E-state index in [0.717, 1.165) is 17.6 Å². The molecule has 1 aliphatic rings. The average molecular weight is 393 g/mol. The molecule has 1 N–H and O–H groups in total. The molecule has 2 aromatic carbocycles. The van der Waals surface area contributed by atoms with Gasteiger partial charge in [-0.2, -0.15) is 0 Å². The van der Waals surface area contributed by atoms with E-state index < -0.39 is 0 Å². The van der Waals surface area contributed by atoms with Crippen LogP contribution in [0.5, 0.6) is 0 Å². The van der Waals surface area contributed by atoms with Crippen LogP contribution in [0.2, 0.25) is 0 Å². The molecule has 0 radical (unpaired) electrons. The zero-order valence-electron chi connectivity index (χ0n) is 15.0. The minimum atomic E-state index is -0.334. The molecule has 6 nitrogen and oxygen atoms in total. The summed E-state index contributed by atoms with van der Waals surface area (Å²) in [7, 11) is 0. The molecule has 140 valence electrons. The predicted octanol–water partition coefficient (Wildman–Crippen LogP) is 3.72. The largest absolute Gasteiger partial charge is 0.338 e. The first-order valence-electron chi connectivity index (χ1n) is 8.94. The summed E-state index contributed by atoms with van der Waals surface area (Å²) in [6, 6.07) is 12.6. The second-order valence-corrected chi connectivity index (χ2v) is 7.78. The van der Waals surface area contributed by atoms with E-state index in [-0.39, 0.29) is 23.5 Å². The molecule has 8 heteroatoms. The van der Waals surface area contributed by atoms with Gasteiger partial charge in [-0.15, -0.1) is 10.2 Å². The van der Waals surface area contributed by atoms with Crippen LogP contribution in [0.1, 0.15) is 12.5 Å². The van der Waals surface area contributed by atoms with Crippen molar-refractivity contribution in [1.29, 1.82) is 0 Å². The van der Waals surface area contributed by atoms with Gasteiger partial charge in [0.2, 0.25) is 11.1 Å². The number of H-pyrrole nitrogens is 1. The predicted molar refractivity (Wildman–Crippen MR) is 107 cm³/mol. The molecule has 0 aliphatic carbocycles.